The third kappa shape index (κ3) is 3.17. The van der Waals surface area contributed by atoms with Gasteiger partial charge in [0.15, 0.2) is 0 Å². The van der Waals surface area contributed by atoms with Crippen molar-refractivity contribution >= 4 is 11.9 Å². The first kappa shape index (κ1) is 10.4. The highest BCUT2D eigenvalue weighted by atomic mass is 32.2. The second kappa shape index (κ2) is 5.08. The zero-order valence-corrected chi connectivity index (χ0v) is 9.68. The van der Waals surface area contributed by atoms with Gasteiger partial charge >= 0.3 is 0 Å². The van der Waals surface area contributed by atoms with Crippen molar-refractivity contribution in [3.8, 4) is 0 Å². The van der Waals surface area contributed by atoms with E-state index in [0.29, 0.717) is 0 Å². The van der Waals surface area contributed by atoms with Gasteiger partial charge in [-0.05, 0) is 49.9 Å². The number of benzene rings is 1. The summed E-state index contributed by atoms with van der Waals surface area (Å²) in [6.07, 6.45) is 6.77. The molecular formula is C13H15NS. The lowest BCUT2D eigenvalue weighted by atomic mass is 10.1. The maximum absolute atomic E-state index is 3.41. The van der Waals surface area contributed by atoms with Gasteiger partial charge in [0, 0.05) is 10.6 Å². The molecule has 0 heterocycles. The van der Waals surface area contributed by atoms with Crippen LogP contribution in [0.4, 0.5) is 0 Å². The molecule has 1 aromatic carbocycles. The highest BCUT2D eigenvalue weighted by Crippen LogP contribution is 2.20. The molecule has 1 aromatic rings. The normalized spacial score (nSPS) is 15.5. The van der Waals surface area contributed by atoms with Gasteiger partial charge in [-0.2, -0.15) is 0 Å². The van der Waals surface area contributed by atoms with E-state index in [4.69, 9.17) is 0 Å². The molecule has 78 valence electrons. The van der Waals surface area contributed by atoms with Gasteiger partial charge in [0.05, 0.1) is 0 Å². The largest absolute Gasteiger partial charge is 0.329 e. The predicted octanol–water partition coefficient (Wildman–Crippen LogP) is 3.91. The van der Waals surface area contributed by atoms with Crippen molar-refractivity contribution in [3.05, 3.63) is 53.8 Å². The van der Waals surface area contributed by atoms with Gasteiger partial charge in [0.2, 0.25) is 0 Å². The second-order valence-electron chi connectivity index (χ2n) is 3.67. The van der Waals surface area contributed by atoms with Crippen molar-refractivity contribution in [2.45, 2.75) is 24.7 Å². The van der Waals surface area contributed by atoms with Gasteiger partial charge in [0.1, 0.15) is 0 Å². The van der Waals surface area contributed by atoms with Crippen LogP contribution >= 0.6 is 11.9 Å². The van der Waals surface area contributed by atoms with Crippen LogP contribution in [-0.4, -0.2) is 0 Å². The van der Waals surface area contributed by atoms with E-state index in [1.54, 1.807) is 11.9 Å². The standard InChI is InChI=1S/C13H15NS/c1-11-6-5-7-12(10-11)14-15-13-8-3-2-4-9-13/h2-4,6,8-10,14H,5,7H2,1H3. The average Bonchev–Trinajstić information content (AvgIpc) is 2.28. The van der Waals surface area contributed by atoms with Crippen molar-refractivity contribution in [2.24, 2.45) is 0 Å². The summed E-state index contributed by atoms with van der Waals surface area (Å²) in [5, 5.41) is 0. The van der Waals surface area contributed by atoms with Crippen molar-refractivity contribution in [1.82, 2.24) is 4.72 Å². The molecule has 0 bridgehead atoms. The van der Waals surface area contributed by atoms with Gasteiger partial charge < -0.3 is 4.72 Å². The summed E-state index contributed by atoms with van der Waals surface area (Å²) in [6.45, 7) is 2.15. The third-order valence-corrected chi connectivity index (χ3v) is 3.20. The predicted molar refractivity (Wildman–Crippen MR) is 66.5 cm³/mol. The van der Waals surface area contributed by atoms with Crippen LogP contribution in [0.25, 0.3) is 0 Å². The van der Waals surface area contributed by atoms with Gasteiger partial charge in [0.25, 0.3) is 0 Å². The Labute approximate surface area is 95.4 Å². The number of allylic oxidation sites excluding steroid dienone is 4. The van der Waals surface area contributed by atoms with E-state index in [1.807, 2.05) is 6.07 Å². The molecule has 0 saturated heterocycles. The Hall–Kier alpha value is -1.15. The number of hydrogen-bond donors (Lipinski definition) is 1. The van der Waals surface area contributed by atoms with Gasteiger partial charge in [-0.15, -0.1) is 0 Å². The van der Waals surface area contributed by atoms with Crippen LogP contribution in [0.5, 0.6) is 0 Å². The van der Waals surface area contributed by atoms with E-state index < -0.39 is 0 Å². The summed E-state index contributed by atoms with van der Waals surface area (Å²) in [5.41, 5.74) is 2.68. The van der Waals surface area contributed by atoms with Crippen LogP contribution in [0, 0.1) is 0 Å². The molecule has 0 spiro atoms. The number of rotatable bonds is 3. The summed E-state index contributed by atoms with van der Waals surface area (Å²) in [6, 6.07) is 10.4. The van der Waals surface area contributed by atoms with E-state index in [0.717, 1.165) is 12.8 Å². The number of nitrogens with one attached hydrogen (secondary N) is 1. The zero-order chi connectivity index (χ0) is 10.5. The minimum Gasteiger partial charge on any atom is -0.329 e. The molecule has 1 aliphatic rings. The molecule has 1 N–H and O–H groups in total. The van der Waals surface area contributed by atoms with E-state index in [-0.39, 0.29) is 0 Å². The van der Waals surface area contributed by atoms with Gasteiger partial charge in [-0.25, -0.2) is 0 Å². The minimum atomic E-state index is 1.12. The molecule has 15 heavy (non-hydrogen) atoms. The second-order valence-corrected chi connectivity index (χ2v) is 4.55. The van der Waals surface area contributed by atoms with Crippen LogP contribution in [0.3, 0.4) is 0 Å². The molecule has 2 heteroatoms. The van der Waals surface area contributed by atoms with Crippen molar-refractivity contribution in [2.75, 3.05) is 0 Å². The molecule has 0 amide bonds. The molecule has 1 nitrogen and oxygen atoms in total. The quantitative estimate of drug-likeness (QED) is 0.770. The van der Waals surface area contributed by atoms with Gasteiger partial charge in [-0.1, -0.05) is 29.8 Å². The van der Waals surface area contributed by atoms with Crippen molar-refractivity contribution < 1.29 is 0 Å². The summed E-state index contributed by atoms with van der Waals surface area (Å²) >= 11 is 1.68. The Bertz CT molecular complexity index is 379. The summed E-state index contributed by atoms with van der Waals surface area (Å²) in [4.78, 5) is 1.26. The van der Waals surface area contributed by atoms with E-state index >= 15 is 0 Å². The maximum Gasteiger partial charge on any atom is 0.0284 e. The average molecular weight is 217 g/mol. The highest BCUT2D eigenvalue weighted by Gasteiger charge is 2.02. The summed E-state index contributed by atoms with van der Waals surface area (Å²) in [7, 11) is 0. The van der Waals surface area contributed by atoms with Gasteiger partial charge in [-0.3, -0.25) is 0 Å². The summed E-state index contributed by atoms with van der Waals surface area (Å²) in [5.74, 6) is 0. The van der Waals surface area contributed by atoms with Crippen molar-refractivity contribution in [1.29, 1.82) is 0 Å². The molecule has 0 fully saturated rings. The van der Waals surface area contributed by atoms with Crippen molar-refractivity contribution in [3.63, 3.8) is 0 Å². The number of hydrogen-bond acceptors (Lipinski definition) is 2. The minimum absolute atomic E-state index is 1.12. The molecule has 0 radical (unpaired) electrons. The Balaban J connectivity index is 1.91. The maximum atomic E-state index is 3.41. The molecule has 2 rings (SSSR count). The topological polar surface area (TPSA) is 12.0 Å². The molecule has 0 atom stereocenters. The first-order chi connectivity index (χ1) is 7.34. The van der Waals surface area contributed by atoms with Crippen LogP contribution in [0.1, 0.15) is 19.8 Å². The van der Waals surface area contributed by atoms with Crippen LogP contribution < -0.4 is 4.72 Å². The third-order valence-electron chi connectivity index (χ3n) is 2.33. The molecule has 0 aromatic heterocycles. The first-order valence-electron chi connectivity index (χ1n) is 5.20. The fourth-order valence-corrected chi connectivity index (χ4v) is 2.26. The molecule has 0 saturated carbocycles. The lowest BCUT2D eigenvalue weighted by Gasteiger charge is -2.13. The molecular weight excluding hydrogens is 202 g/mol. The first-order valence-corrected chi connectivity index (χ1v) is 6.01. The molecule has 0 unspecified atom stereocenters. The monoisotopic (exact) mass is 217 g/mol. The lowest BCUT2D eigenvalue weighted by molar-refractivity contribution is 0.901. The fourth-order valence-electron chi connectivity index (χ4n) is 1.55. The van der Waals surface area contributed by atoms with Crippen LogP contribution in [0.2, 0.25) is 0 Å². The van der Waals surface area contributed by atoms with E-state index in [2.05, 4.69) is 48.1 Å². The molecule has 1 aliphatic carbocycles. The Morgan fingerprint density at radius 3 is 2.73 bits per heavy atom. The Morgan fingerprint density at radius 2 is 2.00 bits per heavy atom. The fraction of sp³-hybridized carbons (Fsp3) is 0.231. The SMILES string of the molecule is CC1=CCCC(NSc2ccccc2)=C1. The Kier molecular flexibility index (Phi) is 3.51. The Morgan fingerprint density at radius 1 is 1.20 bits per heavy atom. The lowest BCUT2D eigenvalue weighted by Crippen LogP contribution is -2.05. The van der Waals surface area contributed by atoms with Crippen LogP contribution in [0.15, 0.2) is 58.6 Å². The zero-order valence-electron chi connectivity index (χ0n) is 8.86. The van der Waals surface area contributed by atoms with Crippen LogP contribution in [-0.2, 0) is 0 Å². The van der Waals surface area contributed by atoms with E-state index in [9.17, 15) is 0 Å². The smallest absolute Gasteiger partial charge is 0.0284 e. The van der Waals surface area contributed by atoms with E-state index in [1.165, 1.54) is 16.2 Å². The molecule has 0 aliphatic heterocycles. The summed E-state index contributed by atoms with van der Waals surface area (Å²) < 4.78 is 3.41. The highest BCUT2D eigenvalue weighted by molar-refractivity contribution is 7.97.